The maximum Gasteiger partial charge on any atom is 0 e. The van der Waals surface area contributed by atoms with Crippen LogP contribution in [0.4, 0.5) is 0 Å². The van der Waals surface area contributed by atoms with Crippen LogP contribution in [-0.4, -0.2) is 0 Å². The average molecular weight is 353 g/mol. The van der Waals surface area contributed by atoms with Gasteiger partial charge in [0.05, 0.1) is 0 Å². The smallest absolute Gasteiger partial charge is 0 e. The molecule has 0 radical (unpaired) electrons. The van der Waals surface area contributed by atoms with Crippen LogP contribution >= 0.6 is 0 Å². The fourth-order valence-electron chi connectivity index (χ4n) is 0. The minimum atomic E-state index is 0. The topological polar surface area (TPSA) is 0 Å². The second-order valence-corrected chi connectivity index (χ2v) is 0. The molecule has 0 rings (SSSR count). The summed E-state index contributed by atoms with van der Waals surface area (Å²) in [6, 6.07) is 0. The SMILES string of the molecule is [Cr].[Ni].[Ni].[W]. The summed E-state index contributed by atoms with van der Waals surface area (Å²) in [6.45, 7) is 0. The summed E-state index contributed by atoms with van der Waals surface area (Å²) in [4.78, 5) is 0. The van der Waals surface area contributed by atoms with Crippen molar-refractivity contribution < 1.29 is 71.4 Å². The summed E-state index contributed by atoms with van der Waals surface area (Å²) < 4.78 is 0. The van der Waals surface area contributed by atoms with Gasteiger partial charge in [-0.1, -0.05) is 0 Å². The van der Waals surface area contributed by atoms with Gasteiger partial charge in [0.15, 0.2) is 0 Å². The van der Waals surface area contributed by atoms with Gasteiger partial charge in [-0.3, -0.25) is 0 Å². The quantitative estimate of drug-likeness (QED) is 0.538. The van der Waals surface area contributed by atoms with Crippen molar-refractivity contribution in [2.45, 2.75) is 0 Å². The first-order valence-electron chi connectivity index (χ1n) is 0. The van der Waals surface area contributed by atoms with Crippen LogP contribution in [0.15, 0.2) is 0 Å². The molecule has 0 aliphatic heterocycles. The van der Waals surface area contributed by atoms with Gasteiger partial charge in [-0.25, -0.2) is 0 Å². The van der Waals surface area contributed by atoms with Gasteiger partial charge in [0.25, 0.3) is 0 Å². The van der Waals surface area contributed by atoms with Crippen molar-refractivity contribution in [3.63, 3.8) is 0 Å². The Kier molecular flexibility index (Phi) is 163. The first kappa shape index (κ1) is 34.5. The first-order chi connectivity index (χ1) is 0. The van der Waals surface area contributed by atoms with Gasteiger partial charge in [0.1, 0.15) is 0 Å². The zero-order valence-electron chi connectivity index (χ0n) is 1.45. The van der Waals surface area contributed by atoms with E-state index in [1.165, 1.54) is 0 Å². The molecule has 0 heterocycles. The maximum atomic E-state index is 0. The molecule has 4 heteroatoms. The van der Waals surface area contributed by atoms with Crippen molar-refractivity contribution in [3.8, 4) is 0 Å². The number of hydrogen-bond acceptors (Lipinski definition) is 0. The Morgan fingerprint density at radius 1 is 0.750 bits per heavy atom. The molecule has 4 heavy (non-hydrogen) atoms. The molecule has 0 bridgehead atoms. The number of hydrogen-bond donors (Lipinski definition) is 0. The maximum absolute atomic E-state index is 0. The van der Waals surface area contributed by atoms with Crippen molar-refractivity contribution in [2.75, 3.05) is 0 Å². The van der Waals surface area contributed by atoms with E-state index in [1.807, 2.05) is 0 Å². The minimum absolute atomic E-state index is 0. The molecule has 0 unspecified atom stereocenters. The van der Waals surface area contributed by atoms with Crippen LogP contribution in [0.2, 0.25) is 0 Å². The third kappa shape index (κ3) is 8.88. The van der Waals surface area contributed by atoms with Crippen molar-refractivity contribution in [2.24, 2.45) is 0 Å². The molecule has 0 aliphatic rings. The summed E-state index contributed by atoms with van der Waals surface area (Å²) in [5.41, 5.74) is 0. The van der Waals surface area contributed by atoms with E-state index in [4.69, 9.17) is 0 Å². The van der Waals surface area contributed by atoms with Gasteiger partial charge >= 0.3 is 0 Å². The van der Waals surface area contributed by atoms with Gasteiger partial charge in [0, 0.05) is 71.4 Å². The van der Waals surface area contributed by atoms with Gasteiger partial charge in [-0.15, -0.1) is 0 Å². The largest absolute Gasteiger partial charge is 0 e. The van der Waals surface area contributed by atoms with E-state index in [-0.39, 0.29) is 71.4 Å². The summed E-state index contributed by atoms with van der Waals surface area (Å²) in [7, 11) is 0. The zero-order valence-corrected chi connectivity index (χ0v) is 7.63. The van der Waals surface area contributed by atoms with Crippen LogP contribution in [0.25, 0.3) is 0 Å². The Labute approximate surface area is 70.7 Å². The third-order valence-corrected chi connectivity index (χ3v) is 0. The average Bonchev–Trinajstić information content (AvgIpc) is 0. The molecule has 32 valence electrons. The van der Waals surface area contributed by atoms with Crippen molar-refractivity contribution in [3.05, 3.63) is 0 Å². The van der Waals surface area contributed by atoms with E-state index in [2.05, 4.69) is 0 Å². The van der Waals surface area contributed by atoms with Crippen molar-refractivity contribution in [1.82, 2.24) is 0 Å². The minimum Gasteiger partial charge on any atom is 0 e. The molecule has 0 amide bonds. The molecule has 0 saturated heterocycles. The van der Waals surface area contributed by atoms with Gasteiger partial charge in [-0.2, -0.15) is 0 Å². The van der Waals surface area contributed by atoms with Crippen LogP contribution < -0.4 is 0 Å². The molecular weight excluding hydrogens is 353 g/mol. The van der Waals surface area contributed by atoms with E-state index in [9.17, 15) is 0 Å². The normalized spacial score (nSPS) is 0. The van der Waals surface area contributed by atoms with Crippen LogP contribution in [0.5, 0.6) is 0 Å². The Morgan fingerprint density at radius 2 is 0.750 bits per heavy atom. The molecule has 0 spiro atoms. The molecule has 0 fully saturated rings. The second-order valence-electron chi connectivity index (χ2n) is 0. The summed E-state index contributed by atoms with van der Waals surface area (Å²) >= 11 is 0. The number of rotatable bonds is 0. The Morgan fingerprint density at radius 3 is 0.750 bits per heavy atom. The van der Waals surface area contributed by atoms with E-state index in [1.54, 1.807) is 0 Å². The molecule has 0 aromatic heterocycles. The molecular formula is CrNi2W. The van der Waals surface area contributed by atoms with Crippen LogP contribution in [0.1, 0.15) is 0 Å². The molecule has 0 aliphatic carbocycles. The van der Waals surface area contributed by atoms with Crippen LogP contribution in [0.3, 0.4) is 0 Å². The van der Waals surface area contributed by atoms with E-state index in [0.717, 1.165) is 0 Å². The monoisotopic (exact) mass is 352 g/mol. The molecule has 0 aromatic rings. The Balaban J connectivity index is 0. The van der Waals surface area contributed by atoms with E-state index >= 15 is 0 Å². The first-order valence-corrected chi connectivity index (χ1v) is 0. The fourth-order valence-corrected chi connectivity index (χ4v) is 0. The van der Waals surface area contributed by atoms with E-state index < -0.39 is 0 Å². The van der Waals surface area contributed by atoms with Crippen molar-refractivity contribution in [1.29, 1.82) is 0 Å². The van der Waals surface area contributed by atoms with Crippen LogP contribution in [0, 0.1) is 0 Å². The fraction of sp³-hybridized carbons (Fsp3) is 0. The molecule has 0 saturated carbocycles. The molecule has 0 atom stereocenters. The second kappa shape index (κ2) is 18.9. The predicted molar refractivity (Wildman–Crippen MR) is 0 cm³/mol. The van der Waals surface area contributed by atoms with Gasteiger partial charge < -0.3 is 0 Å². The molecule has 0 aromatic carbocycles. The summed E-state index contributed by atoms with van der Waals surface area (Å²) in [5.74, 6) is 0. The van der Waals surface area contributed by atoms with Crippen LogP contribution in [-0.2, 0) is 71.4 Å². The van der Waals surface area contributed by atoms with Gasteiger partial charge in [0.2, 0.25) is 0 Å². The molecule has 0 nitrogen and oxygen atoms in total. The molecule has 0 N–H and O–H groups in total. The Hall–Kier alpha value is 2.21. The van der Waals surface area contributed by atoms with E-state index in [0.29, 0.717) is 0 Å². The Bertz CT molecular complexity index is 6.00. The van der Waals surface area contributed by atoms with Crippen molar-refractivity contribution >= 4 is 0 Å². The van der Waals surface area contributed by atoms with Gasteiger partial charge in [-0.05, 0) is 0 Å². The standard InChI is InChI=1S/Cr.2Ni.W. The third-order valence-electron chi connectivity index (χ3n) is 0. The summed E-state index contributed by atoms with van der Waals surface area (Å²) in [6.07, 6.45) is 0. The summed E-state index contributed by atoms with van der Waals surface area (Å²) in [5, 5.41) is 0. The zero-order chi connectivity index (χ0) is 0. The predicted octanol–water partition coefficient (Wildman–Crippen LogP) is -0.0100.